The lowest BCUT2D eigenvalue weighted by Crippen LogP contribution is -2.30. The Kier molecular flexibility index (Phi) is 5.29. The minimum absolute atomic E-state index is 0.0604. The monoisotopic (exact) mass is 387 g/mol. The minimum Gasteiger partial charge on any atom is -0.495 e. The summed E-state index contributed by atoms with van der Waals surface area (Å²) in [5, 5.41) is 7.82. The van der Waals surface area contributed by atoms with Gasteiger partial charge in [0, 0.05) is 6.92 Å². The highest BCUT2D eigenvalue weighted by Crippen LogP contribution is 2.30. The van der Waals surface area contributed by atoms with Crippen molar-refractivity contribution in [3.63, 3.8) is 0 Å². The average molecular weight is 387 g/mol. The van der Waals surface area contributed by atoms with Crippen LogP contribution in [0.3, 0.4) is 0 Å². The Bertz CT molecular complexity index is 1050. The normalized spacial score (nSPS) is 12.7. The van der Waals surface area contributed by atoms with Gasteiger partial charge in [-0.2, -0.15) is 4.72 Å². The third-order valence-electron chi connectivity index (χ3n) is 4.26. The van der Waals surface area contributed by atoms with Crippen LogP contribution < -0.4 is 9.46 Å². The number of benzene rings is 2. The number of aromatic nitrogens is 2. The first kappa shape index (κ1) is 19.1. The highest BCUT2D eigenvalue weighted by Gasteiger charge is 2.29. The molecule has 0 spiro atoms. The fraction of sp³-hybridized carbons (Fsp3) is 0.263. The van der Waals surface area contributed by atoms with E-state index in [-0.39, 0.29) is 16.5 Å². The van der Waals surface area contributed by atoms with E-state index in [0.29, 0.717) is 11.5 Å². The van der Waals surface area contributed by atoms with Gasteiger partial charge >= 0.3 is 0 Å². The summed E-state index contributed by atoms with van der Waals surface area (Å²) in [5.74, 6) is 0.804. The molecule has 0 saturated carbocycles. The van der Waals surface area contributed by atoms with Crippen molar-refractivity contribution in [2.75, 3.05) is 7.11 Å². The number of methoxy groups -OCH3 is 1. The topological polar surface area (TPSA) is 94.3 Å². The standard InChI is InChI=1S/C19H21N3O4S/c1-12-10-16(25-4)17(11-13(12)2)27(23,24)22-18(15-8-6-5-7-9-15)19-21-20-14(3)26-19/h5-11,18,22H,1-4H3. The van der Waals surface area contributed by atoms with Crippen LogP contribution in [-0.4, -0.2) is 25.7 Å². The summed E-state index contributed by atoms with van der Waals surface area (Å²) in [7, 11) is -2.49. The number of hydrogen-bond donors (Lipinski definition) is 1. The zero-order valence-corrected chi connectivity index (χ0v) is 16.4. The van der Waals surface area contributed by atoms with E-state index in [2.05, 4.69) is 14.9 Å². The molecule has 2 aromatic carbocycles. The SMILES string of the molecule is COc1cc(C)c(C)cc1S(=O)(=O)NC(c1ccccc1)c1nnc(C)o1. The highest BCUT2D eigenvalue weighted by atomic mass is 32.2. The van der Waals surface area contributed by atoms with Gasteiger partial charge in [0.1, 0.15) is 16.7 Å². The molecule has 0 aliphatic carbocycles. The van der Waals surface area contributed by atoms with Crippen molar-refractivity contribution in [1.82, 2.24) is 14.9 Å². The van der Waals surface area contributed by atoms with Crippen molar-refractivity contribution in [3.8, 4) is 5.75 Å². The van der Waals surface area contributed by atoms with E-state index < -0.39 is 16.1 Å². The lowest BCUT2D eigenvalue weighted by Gasteiger charge is -2.18. The van der Waals surface area contributed by atoms with E-state index in [1.807, 2.05) is 32.0 Å². The molecular formula is C19H21N3O4S. The molecule has 0 radical (unpaired) electrons. The molecule has 8 heteroatoms. The average Bonchev–Trinajstić information content (AvgIpc) is 3.08. The molecule has 0 aliphatic rings. The Morgan fingerprint density at radius 3 is 2.30 bits per heavy atom. The lowest BCUT2D eigenvalue weighted by atomic mass is 10.1. The first-order chi connectivity index (χ1) is 12.8. The van der Waals surface area contributed by atoms with Gasteiger partial charge in [-0.05, 0) is 42.7 Å². The molecule has 0 amide bonds. The zero-order valence-electron chi connectivity index (χ0n) is 15.6. The molecule has 27 heavy (non-hydrogen) atoms. The van der Waals surface area contributed by atoms with Crippen LogP contribution in [-0.2, 0) is 10.0 Å². The maximum atomic E-state index is 13.2. The van der Waals surface area contributed by atoms with Crippen LogP contribution in [0.25, 0.3) is 0 Å². The van der Waals surface area contributed by atoms with E-state index in [0.717, 1.165) is 11.1 Å². The molecule has 0 aliphatic heterocycles. The molecule has 0 bridgehead atoms. The number of rotatable bonds is 6. The third-order valence-corrected chi connectivity index (χ3v) is 5.71. The van der Waals surface area contributed by atoms with Gasteiger partial charge < -0.3 is 9.15 Å². The maximum Gasteiger partial charge on any atom is 0.245 e. The minimum atomic E-state index is -3.93. The van der Waals surface area contributed by atoms with Crippen LogP contribution >= 0.6 is 0 Å². The molecule has 3 rings (SSSR count). The Morgan fingerprint density at radius 2 is 1.70 bits per heavy atom. The highest BCUT2D eigenvalue weighted by molar-refractivity contribution is 7.89. The van der Waals surface area contributed by atoms with Crippen LogP contribution in [0, 0.1) is 20.8 Å². The molecule has 142 valence electrons. The molecule has 1 N–H and O–H groups in total. The predicted molar refractivity (Wildman–Crippen MR) is 100 cm³/mol. The summed E-state index contributed by atoms with van der Waals surface area (Å²) in [5.41, 5.74) is 2.48. The number of hydrogen-bond acceptors (Lipinski definition) is 6. The van der Waals surface area contributed by atoms with Crippen LogP contribution in [0.5, 0.6) is 5.75 Å². The van der Waals surface area contributed by atoms with Crippen LogP contribution in [0.4, 0.5) is 0 Å². The van der Waals surface area contributed by atoms with Gasteiger partial charge in [-0.25, -0.2) is 8.42 Å². The maximum absolute atomic E-state index is 13.2. The van der Waals surface area contributed by atoms with E-state index in [9.17, 15) is 8.42 Å². The first-order valence-electron chi connectivity index (χ1n) is 8.34. The number of ether oxygens (including phenoxy) is 1. The van der Waals surface area contributed by atoms with Gasteiger partial charge in [-0.1, -0.05) is 30.3 Å². The molecular weight excluding hydrogens is 366 g/mol. The number of sulfonamides is 1. The summed E-state index contributed by atoms with van der Waals surface area (Å²) in [6.07, 6.45) is 0. The van der Waals surface area contributed by atoms with Gasteiger partial charge in [0.25, 0.3) is 0 Å². The smallest absolute Gasteiger partial charge is 0.245 e. The molecule has 0 fully saturated rings. The third kappa shape index (κ3) is 4.01. The second-order valence-corrected chi connectivity index (χ2v) is 7.89. The van der Waals surface area contributed by atoms with E-state index in [1.54, 1.807) is 31.2 Å². The second-order valence-electron chi connectivity index (χ2n) is 6.21. The molecule has 3 aromatic rings. The summed E-state index contributed by atoms with van der Waals surface area (Å²) in [6.45, 7) is 5.40. The second kappa shape index (κ2) is 7.50. The molecule has 7 nitrogen and oxygen atoms in total. The van der Waals surface area contributed by atoms with Gasteiger partial charge in [0.05, 0.1) is 7.11 Å². The Hall–Kier alpha value is -2.71. The fourth-order valence-electron chi connectivity index (χ4n) is 2.69. The van der Waals surface area contributed by atoms with E-state index in [1.165, 1.54) is 7.11 Å². The van der Waals surface area contributed by atoms with E-state index in [4.69, 9.17) is 9.15 Å². The van der Waals surface area contributed by atoms with Crippen molar-refractivity contribution >= 4 is 10.0 Å². The van der Waals surface area contributed by atoms with Crippen LogP contribution in [0.1, 0.15) is 34.5 Å². The van der Waals surface area contributed by atoms with Gasteiger partial charge in [0.2, 0.25) is 21.8 Å². The lowest BCUT2D eigenvalue weighted by molar-refractivity contribution is 0.400. The summed E-state index contributed by atoms with van der Waals surface area (Å²) >= 11 is 0. The summed E-state index contributed by atoms with van der Waals surface area (Å²) in [6, 6.07) is 11.6. The van der Waals surface area contributed by atoms with Crippen molar-refractivity contribution in [3.05, 3.63) is 70.9 Å². The van der Waals surface area contributed by atoms with Crippen molar-refractivity contribution in [2.24, 2.45) is 0 Å². The van der Waals surface area contributed by atoms with Crippen molar-refractivity contribution in [1.29, 1.82) is 0 Å². The number of aryl methyl sites for hydroxylation is 3. The molecule has 1 atom stereocenters. The van der Waals surface area contributed by atoms with Gasteiger partial charge in [0.15, 0.2) is 0 Å². The molecule has 1 aromatic heterocycles. The van der Waals surface area contributed by atoms with Crippen LogP contribution in [0.2, 0.25) is 0 Å². The largest absolute Gasteiger partial charge is 0.495 e. The molecule has 1 unspecified atom stereocenters. The van der Waals surface area contributed by atoms with Crippen LogP contribution in [0.15, 0.2) is 51.8 Å². The van der Waals surface area contributed by atoms with Crippen molar-refractivity contribution in [2.45, 2.75) is 31.7 Å². The Labute approximate surface area is 158 Å². The first-order valence-corrected chi connectivity index (χ1v) is 9.82. The Balaban J connectivity index is 2.07. The fourth-order valence-corrected chi connectivity index (χ4v) is 4.10. The zero-order chi connectivity index (χ0) is 19.6. The number of nitrogens with one attached hydrogen (secondary N) is 1. The predicted octanol–water partition coefficient (Wildman–Crippen LogP) is 3.07. The number of nitrogens with zero attached hydrogens (tertiary/aromatic N) is 2. The van der Waals surface area contributed by atoms with Gasteiger partial charge in [-0.15, -0.1) is 10.2 Å². The quantitative estimate of drug-likeness (QED) is 0.698. The Morgan fingerprint density at radius 1 is 1.04 bits per heavy atom. The van der Waals surface area contributed by atoms with Gasteiger partial charge in [-0.3, -0.25) is 0 Å². The summed E-state index contributed by atoms with van der Waals surface area (Å²) in [4.78, 5) is 0.0604. The molecule has 1 heterocycles. The van der Waals surface area contributed by atoms with Crippen molar-refractivity contribution < 1.29 is 17.6 Å². The molecule has 0 saturated heterocycles. The summed E-state index contributed by atoms with van der Waals surface area (Å²) < 4.78 is 39.8. The van der Waals surface area contributed by atoms with E-state index >= 15 is 0 Å².